The van der Waals surface area contributed by atoms with E-state index in [1.165, 1.54) is 29.1 Å². The van der Waals surface area contributed by atoms with Gasteiger partial charge in [0.25, 0.3) is 0 Å². The van der Waals surface area contributed by atoms with Crippen LogP contribution < -0.4 is 10.6 Å². The summed E-state index contributed by atoms with van der Waals surface area (Å²) in [4.78, 5) is 11.6. The number of nitrogens with one attached hydrogen (secondary N) is 2. The van der Waals surface area contributed by atoms with Crippen molar-refractivity contribution in [3.8, 4) is 0 Å². The topological polar surface area (TPSA) is 52.6 Å². The highest BCUT2D eigenvalue weighted by molar-refractivity contribution is 14.0. The molecule has 0 aliphatic carbocycles. The molecular weight excluding hydrogens is 493 g/mol. The van der Waals surface area contributed by atoms with Crippen molar-refractivity contribution in [3.05, 3.63) is 52.0 Å². The third-order valence-electron chi connectivity index (χ3n) is 5.43. The van der Waals surface area contributed by atoms with Crippen LogP contribution in [0, 0.1) is 5.92 Å². The van der Waals surface area contributed by atoms with Crippen molar-refractivity contribution >= 4 is 41.3 Å². The van der Waals surface area contributed by atoms with E-state index in [9.17, 15) is 0 Å². The van der Waals surface area contributed by atoms with E-state index in [-0.39, 0.29) is 30.0 Å². The zero-order chi connectivity index (χ0) is 19.8. The number of hydrogen-bond acceptors (Lipinski definition) is 4. The fourth-order valence-electron chi connectivity index (χ4n) is 3.63. The first kappa shape index (κ1) is 24.1. The molecule has 3 rings (SSSR count). The van der Waals surface area contributed by atoms with Gasteiger partial charge in [-0.1, -0.05) is 37.3 Å². The van der Waals surface area contributed by atoms with Gasteiger partial charge in [0.2, 0.25) is 0 Å². The molecule has 0 spiro atoms. The Morgan fingerprint density at radius 3 is 2.62 bits per heavy atom. The van der Waals surface area contributed by atoms with Crippen LogP contribution in [0.2, 0.25) is 0 Å². The van der Waals surface area contributed by atoms with Gasteiger partial charge in [0, 0.05) is 25.5 Å². The molecule has 1 fully saturated rings. The molecule has 1 atom stereocenters. The fraction of sp³-hybridized carbons (Fsp3) is 0.545. The number of nitrogens with zero attached hydrogens (tertiary/aromatic N) is 3. The number of piperidine rings is 1. The number of rotatable bonds is 7. The first-order valence-corrected chi connectivity index (χ1v) is 11.2. The molecule has 0 bridgehead atoms. The van der Waals surface area contributed by atoms with Gasteiger partial charge in [-0.2, -0.15) is 0 Å². The molecular formula is C22H34IN5S. The molecule has 5 nitrogen and oxygen atoms in total. The van der Waals surface area contributed by atoms with Gasteiger partial charge < -0.3 is 10.6 Å². The van der Waals surface area contributed by atoms with Crippen LogP contribution in [-0.2, 0) is 13.0 Å². The third kappa shape index (κ3) is 7.53. The molecule has 1 aromatic heterocycles. The predicted octanol–water partition coefficient (Wildman–Crippen LogP) is 4.46. The molecule has 1 unspecified atom stereocenters. The van der Waals surface area contributed by atoms with Crippen LogP contribution in [0.25, 0.3) is 0 Å². The van der Waals surface area contributed by atoms with Crippen LogP contribution >= 0.6 is 35.3 Å². The predicted molar refractivity (Wildman–Crippen MR) is 134 cm³/mol. The molecule has 2 aromatic rings. The van der Waals surface area contributed by atoms with Gasteiger partial charge in [-0.3, -0.25) is 9.89 Å². The molecule has 0 radical (unpaired) electrons. The van der Waals surface area contributed by atoms with Crippen LogP contribution in [0.15, 0.2) is 40.7 Å². The van der Waals surface area contributed by atoms with Crippen molar-refractivity contribution in [2.75, 3.05) is 26.7 Å². The molecule has 160 valence electrons. The summed E-state index contributed by atoms with van der Waals surface area (Å²) in [5.74, 6) is 1.58. The molecule has 1 aliphatic heterocycles. The minimum Gasteiger partial charge on any atom is -0.356 e. The van der Waals surface area contributed by atoms with Gasteiger partial charge in [0.15, 0.2) is 5.96 Å². The Kier molecular flexibility index (Phi) is 10.4. The summed E-state index contributed by atoms with van der Waals surface area (Å²) in [5, 5.41) is 10.5. The van der Waals surface area contributed by atoms with E-state index in [0.717, 1.165) is 38.6 Å². The zero-order valence-electron chi connectivity index (χ0n) is 17.7. The van der Waals surface area contributed by atoms with Crippen LogP contribution in [0.4, 0.5) is 0 Å². The highest BCUT2D eigenvalue weighted by atomic mass is 127. The van der Waals surface area contributed by atoms with Crippen molar-refractivity contribution in [1.29, 1.82) is 0 Å². The highest BCUT2D eigenvalue weighted by Crippen LogP contribution is 2.19. The number of guanidine groups is 1. The Hall–Kier alpha value is -1.19. The SMILES string of the molecule is CCc1nc(CN2CCC(CNC(=NC)NC(C)c3ccccc3)CC2)cs1.I. The number of aliphatic imine (C=N–C) groups is 1. The molecule has 0 amide bonds. The number of halogens is 1. The highest BCUT2D eigenvalue weighted by Gasteiger charge is 2.20. The second-order valence-electron chi connectivity index (χ2n) is 7.54. The summed E-state index contributed by atoms with van der Waals surface area (Å²) < 4.78 is 0. The van der Waals surface area contributed by atoms with E-state index < -0.39 is 0 Å². The van der Waals surface area contributed by atoms with E-state index in [0.29, 0.717) is 5.92 Å². The van der Waals surface area contributed by atoms with Crippen LogP contribution in [0.3, 0.4) is 0 Å². The normalized spacial score (nSPS) is 16.9. The number of likely N-dealkylation sites (tertiary alicyclic amines) is 1. The Morgan fingerprint density at radius 1 is 1.28 bits per heavy atom. The fourth-order valence-corrected chi connectivity index (χ4v) is 4.36. The molecule has 1 saturated heterocycles. The molecule has 0 saturated carbocycles. The monoisotopic (exact) mass is 527 g/mol. The number of benzene rings is 1. The maximum absolute atomic E-state index is 4.71. The molecule has 2 heterocycles. The van der Waals surface area contributed by atoms with Gasteiger partial charge in [-0.05, 0) is 50.8 Å². The molecule has 7 heteroatoms. The van der Waals surface area contributed by atoms with Crippen molar-refractivity contribution in [2.24, 2.45) is 10.9 Å². The maximum Gasteiger partial charge on any atom is 0.191 e. The van der Waals surface area contributed by atoms with Crippen molar-refractivity contribution < 1.29 is 0 Å². The Balaban J connectivity index is 0.00000300. The quantitative estimate of drug-likeness (QED) is 0.317. The third-order valence-corrected chi connectivity index (χ3v) is 6.47. The lowest BCUT2D eigenvalue weighted by atomic mass is 9.97. The zero-order valence-corrected chi connectivity index (χ0v) is 20.9. The molecule has 29 heavy (non-hydrogen) atoms. The van der Waals surface area contributed by atoms with Gasteiger partial charge >= 0.3 is 0 Å². The van der Waals surface area contributed by atoms with Crippen LogP contribution in [-0.4, -0.2) is 42.5 Å². The van der Waals surface area contributed by atoms with E-state index in [2.05, 4.69) is 64.0 Å². The minimum atomic E-state index is 0. The summed E-state index contributed by atoms with van der Waals surface area (Å²) >= 11 is 1.79. The van der Waals surface area contributed by atoms with E-state index in [1.807, 2.05) is 13.1 Å². The van der Waals surface area contributed by atoms with Crippen molar-refractivity contribution in [3.63, 3.8) is 0 Å². The largest absolute Gasteiger partial charge is 0.356 e. The first-order valence-electron chi connectivity index (χ1n) is 10.4. The number of aryl methyl sites for hydroxylation is 1. The molecule has 1 aromatic carbocycles. The Labute approximate surface area is 196 Å². The van der Waals surface area contributed by atoms with Crippen molar-refractivity contribution in [1.82, 2.24) is 20.5 Å². The number of hydrogen-bond donors (Lipinski definition) is 2. The lowest BCUT2D eigenvalue weighted by molar-refractivity contribution is 0.176. The van der Waals surface area contributed by atoms with Crippen LogP contribution in [0.1, 0.15) is 49.0 Å². The van der Waals surface area contributed by atoms with E-state index >= 15 is 0 Å². The van der Waals surface area contributed by atoms with Gasteiger partial charge in [0.1, 0.15) is 0 Å². The average Bonchev–Trinajstić information content (AvgIpc) is 3.20. The lowest BCUT2D eigenvalue weighted by Crippen LogP contribution is -2.43. The van der Waals surface area contributed by atoms with E-state index in [4.69, 9.17) is 4.98 Å². The van der Waals surface area contributed by atoms with Crippen molar-refractivity contribution in [2.45, 2.75) is 45.7 Å². The molecule has 2 N–H and O–H groups in total. The average molecular weight is 528 g/mol. The standard InChI is InChI=1S/C22H33N5S.HI/c1-4-21-26-20(16-28-21)15-27-12-10-18(11-13-27)14-24-22(23-3)25-17(2)19-8-6-5-7-9-19;/h5-9,16-18H,4,10-15H2,1-3H3,(H2,23,24,25);1H. The maximum atomic E-state index is 4.71. The smallest absolute Gasteiger partial charge is 0.191 e. The summed E-state index contributed by atoms with van der Waals surface area (Å²) in [6.45, 7) is 8.61. The van der Waals surface area contributed by atoms with Gasteiger partial charge in [0.05, 0.1) is 16.7 Å². The molecule has 1 aliphatic rings. The number of aromatic nitrogens is 1. The first-order chi connectivity index (χ1) is 13.7. The second kappa shape index (κ2) is 12.5. The van der Waals surface area contributed by atoms with Gasteiger partial charge in [-0.25, -0.2) is 4.98 Å². The van der Waals surface area contributed by atoms with Crippen LogP contribution in [0.5, 0.6) is 0 Å². The Morgan fingerprint density at radius 2 is 2.00 bits per heavy atom. The van der Waals surface area contributed by atoms with E-state index in [1.54, 1.807) is 11.3 Å². The summed E-state index contributed by atoms with van der Waals surface area (Å²) in [6, 6.07) is 10.7. The lowest BCUT2D eigenvalue weighted by Gasteiger charge is -2.32. The minimum absolute atomic E-state index is 0. The van der Waals surface area contributed by atoms with Gasteiger partial charge in [-0.15, -0.1) is 35.3 Å². The summed E-state index contributed by atoms with van der Waals surface area (Å²) in [7, 11) is 1.84. The summed E-state index contributed by atoms with van der Waals surface area (Å²) in [5.41, 5.74) is 2.50. The Bertz CT molecular complexity index is 741. The summed E-state index contributed by atoms with van der Waals surface area (Å²) in [6.07, 6.45) is 3.49. The second-order valence-corrected chi connectivity index (χ2v) is 8.48. The number of thiazole rings is 1.